The van der Waals surface area contributed by atoms with Gasteiger partial charge in [0.25, 0.3) is 0 Å². The third kappa shape index (κ3) is 4.10. The largest absolute Gasteiger partial charge is 0.486 e. The van der Waals surface area contributed by atoms with Gasteiger partial charge in [0.2, 0.25) is 6.29 Å². The van der Waals surface area contributed by atoms with Crippen molar-refractivity contribution in [2.75, 3.05) is 13.2 Å². The third-order valence-electron chi connectivity index (χ3n) is 4.80. The zero-order valence-electron chi connectivity index (χ0n) is 15.6. The molecule has 0 amide bonds. The summed E-state index contributed by atoms with van der Waals surface area (Å²) in [4.78, 5) is 1.13. The fraction of sp³-hybridized carbons (Fsp3) is 0.217. The topological polar surface area (TPSA) is 36.9 Å². The highest BCUT2D eigenvalue weighted by Crippen LogP contribution is 2.41. The van der Waals surface area contributed by atoms with Crippen LogP contribution in [0, 0.1) is 0 Å². The van der Waals surface area contributed by atoms with E-state index >= 15 is 0 Å². The molecule has 1 unspecified atom stereocenters. The van der Waals surface area contributed by atoms with Gasteiger partial charge >= 0.3 is 0 Å². The summed E-state index contributed by atoms with van der Waals surface area (Å²) < 4.78 is 24.6. The van der Waals surface area contributed by atoms with Crippen LogP contribution in [-0.2, 0) is 17.1 Å². The van der Waals surface area contributed by atoms with Crippen molar-refractivity contribution >= 4 is 27.7 Å². The van der Waals surface area contributed by atoms with E-state index in [0.717, 1.165) is 49.1 Å². The van der Waals surface area contributed by atoms with Gasteiger partial charge in [-0.3, -0.25) is 0 Å². The quantitative estimate of drug-likeness (QED) is 0.429. The molecule has 2 heterocycles. The molecule has 0 aliphatic carbocycles. The molecular formula is C23H19BrO4S. The lowest BCUT2D eigenvalue weighted by Gasteiger charge is -2.28. The first-order valence-corrected chi connectivity index (χ1v) is 11.2. The molecule has 148 valence electrons. The van der Waals surface area contributed by atoms with Gasteiger partial charge in [0.15, 0.2) is 11.5 Å². The van der Waals surface area contributed by atoms with Gasteiger partial charge in [-0.25, -0.2) is 0 Å². The van der Waals surface area contributed by atoms with Crippen molar-refractivity contribution in [2.24, 2.45) is 0 Å². The number of fused-ring (bicyclic) bond motifs is 2. The molecule has 3 aromatic rings. The number of ether oxygens (including phenoxy) is 4. The Morgan fingerprint density at radius 1 is 0.931 bits per heavy atom. The van der Waals surface area contributed by atoms with E-state index in [1.54, 1.807) is 11.8 Å². The summed E-state index contributed by atoms with van der Waals surface area (Å²) in [6.07, 6.45) is -0.386. The first kappa shape index (κ1) is 18.9. The molecule has 6 heteroatoms. The number of thioether (sulfide) groups is 1. The molecule has 0 spiro atoms. The number of hydrogen-bond donors (Lipinski definition) is 0. The van der Waals surface area contributed by atoms with E-state index in [9.17, 15) is 0 Å². The number of hydrogen-bond acceptors (Lipinski definition) is 5. The van der Waals surface area contributed by atoms with E-state index in [1.807, 2.05) is 42.5 Å². The molecule has 1 atom stereocenters. The molecule has 2 aliphatic rings. The summed E-state index contributed by atoms with van der Waals surface area (Å²) in [5.41, 5.74) is 3.22. The molecule has 0 fully saturated rings. The molecule has 5 rings (SSSR count). The van der Waals surface area contributed by atoms with E-state index in [-0.39, 0.29) is 6.29 Å². The van der Waals surface area contributed by atoms with Gasteiger partial charge in [0.1, 0.15) is 19.0 Å². The summed E-state index contributed by atoms with van der Waals surface area (Å²) in [6.45, 7) is 1.72. The van der Waals surface area contributed by atoms with Crippen LogP contribution in [0.25, 0.3) is 0 Å². The van der Waals surface area contributed by atoms with E-state index in [4.69, 9.17) is 18.9 Å². The molecule has 2 aliphatic heterocycles. The molecule has 0 radical (unpaired) electrons. The van der Waals surface area contributed by atoms with Gasteiger partial charge < -0.3 is 18.9 Å². The minimum atomic E-state index is -0.386. The average molecular weight is 471 g/mol. The Morgan fingerprint density at radius 3 is 2.62 bits per heavy atom. The average Bonchev–Trinajstić information content (AvgIpc) is 2.77. The zero-order valence-corrected chi connectivity index (χ0v) is 18.0. The first-order valence-electron chi connectivity index (χ1n) is 9.43. The zero-order chi connectivity index (χ0) is 19.6. The summed E-state index contributed by atoms with van der Waals surface area (Å²) in [6, 6.07) is 20.3. The highest BCUT2D eigenvalue weighted by Gasteiger charge is 2.25. The van der Waals surface area contributed by atoms with Gasteiger partial charge in [0.05, 0.1) is 6.61 Å². The van der Waals surface area contributed by atoms with E-state index in [0.29, 0.717) is 19.8 Å². The van der Waals surface area contributed by atoms with Crippen LogP contribution in [0.2, 0.25) is 0 Å². The van der Waals surface area contributed by atoms with Crippen LogP contribution in [0.5, 0.6) is 17.2 Å². The summed E-state index contributed by atoms with van der Waals surface area (Å²) in [5.74, 6) is 3.32. The van der Waals surface area contributed by atoms with Gasteiger partial charge in [-0.05, 0) is 30.3 Å². The second-order valence-corrected chi connectivity index (χ2v) is 8.78. The number of benzene rings is 3. The highest BCUT2D eigenvalue weighted by molar-refractivity contribution is 9.10. The van der Waals surface area contributed by atoms with E-state index in [2.05, 4.69) is 34.1 Å². The maximum Gasteiger partial charge on any atom is 0.227 e. The van der Waals surface area contributed by atoms with Gasteiger partial charge in [-0.15, -0.1) is 11.8 Å². The van der Waals surface area contributed by atoms with Crippen molar-refractivity contribution in [1.82, 2.24) is 0 Å². The van der Waals surface area contributed by atoms with Gasteiger partial charge in [-0.2, -0.15) is 0 Å². The molecule has 3 aromatic carbocycles. The Morgan fingerprint density at radius 2 is 1.76 bits per heavy atom. The van der Waals surface area contributed by atoms with Crippen molar-refractivity contribution in [1.29, 1.82) is 0 Å². The Kier molecular flexibility index (Phi) is 5.40. The third-order valence-corrected chi connectivity index (χ3v) is 6.30. The lowest BCUT2D eigenvalue weighted by atomic mass is 10.1. The van der Waals surface area contributed by atoms with Crippen molar-refractivity contribution < 1.29 is 18.9 Å². The molecule has 4 nitrogen and oxygen atoms in total. The second kappa shape index (κ2) is 8.30. The Hall–Kier alpha value is -2.15. The van der Waals surface area contributed by atoms with Gasteiger partial charge in [0, 0.05) is 31.8 Å². The van der Waals surface area contributed by atoms with Crippen molar-refractivity contribution in [3.05, 3.63) is 81.8 Å². The van der Waals surface area contributed by atoms with Crippen LogP contribution < -0.4 is 14.2 Å². The van der Waals surface area contributed by atoms with Crippen molar-refractivity contribution in [3.8, 4) is 17.2 Å². The Labute approximate surface area is 182 Å². The normalized spacial score (nSPS) is 17.3. The number of halogens is 1. The van der Waals surface area contributed by atoms with E-state index in [1.165, 1.54) is 0 Å². The summed E-state index contributed by atoms with van der Waals surface area (Å²) >= 11 is 5.37. The lowest BCUT2D eigenvalue weighted by Crippen LogP contribution is -2.19. The van der Waals surface area contributed by atoms with Crippen LogP contribution in [-0.4, -0.2) is 13.2 Å². The molecule has 0 N–H and O–H groups in total. The van der Waals surface area contributed by atoms with Crippen LogP contribution in [0.1, 0.15) is 23.0 Å². The van der Waals surface area contributed by atoms with Crippen LogP contribution in [0.3, 0.4) is 0 Å². The fourth-order valence-electron chi connectivity index (χ4n) is 3.43. The number of rotatable bonds is 4. The molecule has 29 heavy (non-hydrogen) atoms. The Bertz CT molecular complexity index is 1020. The maximum atomic E-state index is 6.28. The monoisotopic (exact) mass is 470 g/mol. The smallest absolute Gasteiger partial charge is 0.227 e. The SMILES string of the molecule is Brc1cc2c(c(CSc3ccc4c(c3)OCCO4)c1)OC(c1ccccc1)OC2. The molecule has 0 aromatic heterocycles. The maximum absolute atomic E-state index is 6.28. The molecule has 0 saturated heterocycles. The van der Waals surface area contributed by atoms with Crippen LogP contribution in [0.4, 0.5) is 0 Å². The minimum absolute atomic E-state index is 0.386. The molecule has 0 saturated carbocycles. The Balaban J connectivity index is 1.37. The van der Waals surface area contributed by atoms with Crippen molar-refractivity contribution in [3.63, 3.8) is 0 Å². The fourth-order valence-corrected chi connectivity index (χ4v) is 4.88. The van der Waals surface area contributed by atoms with Crippen molar-refractivity contribution in [2.45, 2.75) is 23.5 Å². The predicted octanol–water partition coefficient (Wildman–Crippen LogP) is 6.12. The minimum Gasteiger partial charge on any atom is -0.486 e. The molecule has 0 bridgehead atoms. The van der Waals surface area contributed by atoms with E-state index < -0.39 is 0 Å². The van der Waals surface area contributed by atoms with Crippen LogP contribution >= 0.6 is 27.7 Å². The van der Waals surface area contributed by atoms with Crippen LogP contribution in [0.15, 0.2) is 70.0 Å². The standard InChI is InChI=1S/C23H19BrO4S/c24-18-10-16-13-27-23(15-4-2-1-3-5-15)28-22(16)17(11-18)14-29-19-6-7-20-21(12-19)26-9-8-25-20/h1-7,10-12,23H,8-9,13-14H2. The first-order chi connectivity index (χ1) is 14.3. The summed E-state index contributed by atoms with van der Waals surface area (Å²) in [5, 5.41) is 0. The second-order valence-electron chi connectivity index (χ2n) is 6.82. The molecular weight excluding hydrogens is 452 g/mol. The lowest BCUT2D eigenvalue weighted by molar-refractivity contribution is -0.111. The predicted molar refractivity (Wildman–Crippen MR) is 116 cm³/mol. The van der Waals surface area contributed by atoms with Gasteiger partial charge in [-0.1, -0.05) is 46.3 Å². The summed E-state index contributed by atoms with van der Waals surface area (Å²) in [7, 11) is 0. The highest BCUT2D eigenvalue weighted by atomic mass is 79.9.